The van der Waals surface area contributed by atoms with Crippen LogP contribution in [0.25, 0.3) is 0 Å². The van der Waals surface area contributed by atoms with Gasteiger partial charge in [0.2, 0.25) is 5.91 Å². The topological polar surface area (TPSA) is 64.6 Å². The lowest BCUT2D eigenvalue weighted by molar-refractivity contribution is -0.123. The Morgan fingerprint density at radius 2 is 1.92 bits per heavy atom. The minimum atomic E-state index is -0.416. The molecule has 2 aromatic rings. The number of para-hydroxylation sites is 1. The number of nitrogens with zero attached hydrogens (tertiary/aromatic N) is 1. The Bertz CT molecular complexity index is 775. The van der Waals surface area contributed by atoms with Gasteiger partial charge in [-0.1, -0.05) is 42.5 Å². The van der Waals surface area contributed by atoms with Gasteiger partial charge >= 0.3 is 0 Å². The highest BCUT2D eigenvalue weighted by molar-refractivity contribution is 5.82. The number of nitrogens with one attached hydrogen (secondary N) is 2. The normalized spacial score (nSPS) is 21.7. The second-order valence-electron chi connectivity index (χ2n) is 7.18. The monoisotopic (exact) mass is 351 g/mol. The smallest absolute Gasteiger partial charge is 0.237 e. The fraction of sp³-hybridized carbons (Fsp3) is 0.381. The van der Waals surface area contributed by atoms with E-state index in [1.54, 1.807) is 0 Å². The minimum Gasteiger partial charge on any atom is -0.392 e. The van der Waals surface area contributed by atoms with Gasteiger partial charge in [0, 0.05) is 31.9 Å². The molecule has 26 heavy (non-hydrogen) atoms. The first-order valence-corrected chi connectivity index (χ1v) is 9.29. The zero-order valence-corrected chi connectivity index (χ0v) is 14.8. The van der Waals surface area contributed by atoms with Crippen molar-refractivity contribution < 1.29 is 9.90 Å². The van der Waals surface area contributed by atoms with Crippen molar-refractivity contribution in [1.82, 2.24) is 10.6 Å². The number of fused-ring (bicyclic) bond motifs is 1. The number of rotatable bonds is 5. The van der Waals surface area contributed by atoms with Gasteiger partial charge in [-0.25, -0.2) is 0 Å². The Labute approximate surface area is 154 Å². The van der Waals surface area contributed by atoms with Crippen molar-refractivity contribution >= 4 is 11.6 Å². The van der Waals surface area contributed by atoms with Crippen LogP contribution in [0.2, 0.25) is 0 Å². The third-order valence-electron chi connectivity index (χ3n) is 5.27. The number of aliphatic hydroxyl groups excluding tert-OH is 1. The van der Waals surface area contributed by atoms with E-state index in [0.717, 1.165) is 25.1 Å². The zero-order chi connectivity index (χ0) is 17.9. The molecule has 2 heterocycles. The summed E-state index contributed by atoms with van der Waals surface area (Å²) < 4.78 is 0. The Kier molecular flexibility index (Phi) is 4.91. The molecule has 1 amide bonds. The molecule has 0 saturated carbocycles. The van der Waals surface area contributed by atoms with Crippen molar-refractivity contribution in [3.8, 4) is 0 Å². The van der Waals surface area contributed by atoms with Crippen LogP contribution in [0.5, 0.6) is 0 Å². The van der Waals surface area contributed by atoms with Crippen LogP contribution in [0.4, 0.5) is 5.69 Å². The van der Waals surface area contributed by atoms with E-state index in [-0.39, 0.29) is 11.9 Å². The number of carbonyl (C=O) groups excluding carboxylic acids is 1. The molecule has 2 aliphatic rings. The van der Waals surface area contributed by atoms with E-state index in [0.29, 0.717) is 19.5 Å². The van der Waals surface area contributed by atoms with Crippen LogP contribution in [0.3, 0.4) is 0 Å². The van der Waals surface area contributed by atoms with E-state index in [1.165, 1.54) is 16.8 Å². The van der Waals surface area contributed by atoms with Crippen LogP contribution in [-0.4, -0.2) is 36.2 Å². The SMILES string of the molecule is O=C(NCc1ccc(CN2CCc3ccccc32)cc1)[C@@H]1C[C@H](O)CN1. The van der Waals surface area contributed by atoms with Crippen LogP contribution in [0.1, 0.15) is 23.1 Å². The van der Waals surface area contributed by atoms with Gasteiger partial charge in [-0.15, -0.1) is 0 Å². The highest BCUT2D eigenvalue weighted by Gasteiger charge is 2.27. The van der Waals surface area contributed by atoms with E-state index >= 15 is 0 Å². The molecule has 0 aromatic heterocycles. The number of hydrogen-bond donors (Lipinski definition) is 3. The molecule has 0 unspecified atom stereocenters. The summed E-state index contributed by atoms with van der Waals surface area (Å²) in [6.45, 7) is 2.98. The molecule has 0 radical (unpaired) electrons. The average Bonchev–Trinajstić information content (AvgIpc) is 3.28. The molecular weight excluding hydrogens is 326 g/mol. The summed E-state index contributed by atoms with van der Waals surface area (Å²) in [5.74, 6) is -0.0423. The lowest BCUT2D eigenvalue weighted by Crippen LogP contribution is -2.40. The molecule has 2 atom stereocenters. The van der Waals surface area contributed by atoms with Crippen molar-refractivity contribution in [2.45, 2.75) is 38.1 Å². The van der Waals surface area contributed by atoms with Gasteiger partial charge in [-0.2, -0.15) is 0 Å². The van der Waals surface area contributed by atoms with Crippen LogP contribution in [-0.2, 0) is 24.3 Å². The fourth-order valence-corrected chi connectivity index (χ4v) is 3.78. The van der Waals surface area contributed by atoms with Crippen LogP contribution in [0, 0.1) is 0 Å². The standard InChI is InChI=1S/C21H25N3O2/c25-18-11-19(22-13-18)21(26)23-12-15-5-7-16(8-6-15)14-24-10-9-17-3-1-2-4-20(17)24/h1-8,18-19,22,25H,9-14H2,(H,23,26)/t18-,19-/m0/s1. The van der Waals surface area contributed by atoms with Crippen molar-refractivity contribution in [3.63, 3.8) is 0 Å². The van der Waals surface area contributed by atoms with Gasteiger partial charge in [0.15, 0.2) is 0 Å². The number of anilines is 1. The van der Waals surface area contributed by atoms with Gasteiger partial charge in [-0.3, -0.25) is 4.79 Å². The quantitative estimate of drug-likeness (QED) is 0.765. The molecule has 4 rings (SSSR count). The van der Waals surface area contributed by atoms with Crippen LogP contribution in [0.15, 0.2) is 48.5 Å². The number of β-amino-alcohol motifs (C(OH)–C–C–N with tert-alkyl or cyclic N) is 1. The summed E-state index contributed by atoms with van der Waals surface area (Å²) in [5.41, 5.74) is 5.13. The Balaban J connectivity index is 1.31. The Morgan fingerprint density at radius 1 is 1.15 bits per heavy atom. The molecule has 0 aliphatic carbocycles. The van der Waals surface area contributed by atoms with E-state index in [9.17, 15) is 9.90 Å². The Morgan fingerprint density at radius 3 is 2.69 bits per heavy atom. The molecule has 3 N–H and O–H groups in total. The lowest BCUT2D eigenvalue weighted by atomic mass is 10.1. The maximum Gasteiger partial charge on any atom is 0.237 e. The minimum absolute atomic E-state index is 0.0423. The molecule has 0 bridgehead atoms. The van der Waals surface area contributed by atoms with Crippen LogP contribution < -0.4 is 15.5 Å². The predicted molar refractivity (Wildman–Crippen MR) is 102 cm³/mol. The summed E-state index contributed by atoms with van der Waals surface area (Å²) in [7, 11) is 0. The van der Waals surface area contributed by atoms with Gasteiger partial charge in [-0.05, 0) is 35.6 Å². The first-order chi connectivity index (χ1) is 12.7. The summed E-state index contributed by atoms with van der Waals surface area (Å²) in [4.78, 5) is 14.5. The second kappa shape index (κ2) is 7.48. The van der Waals surface area contributed by atoms with Crippen molar-refractivity contribution in [2.75, 3.05) is 18.0 Å². The number of carbonyl (C=O) groups is 1. The van der Waals surface area contributed by atoms with E-state index < -0.39 is 6.10 Å². The summed E-state index contributed by atoms with van der Waals surface area (Å²) in [5, 5.41) is 15.5. The molecule has 5 nitrogen and oxygen atoms in total. The summed E-state index contributed by atoms with van der Waals surface area (Å²) in [6.07, 6.45) is 1.19. The van der Waals surface area contributed by atoms with E-state index in [4.69, 9.17) is 0 Å². The fourth-order valence-electron chi connectivity index (χ4n) is 3.78. The first kappa shape index (κ1) is 17.1. The number of amides is 1. The maximum absolute atomic E-state index is 12.1. The predicted octanol–water partition coefficient (Wildman–Crippen LogP) is 1.59. The van der Waals surface area contributed by atoms with E-state index in [2.05, 4.69) is 64.1 Å². The van der Waals surface area contributed by atoms with Crippen molar-refractivity contribution in [1.29, 1.82) is 0 Å². The zero-order valence-electron chi connectivity index (χ0n) is 14.8. The summed E-state index contributed by atoms with van der Waals surface area (Å²) >= 11 is 0. The lowest BCUT2D eigenvalue weighted by Gasteiger charge is -2.19. The number of benzene rings is 2. The molecule has 1 saturated heterocycles. The van der Waals surface area contributed by atoms with E-state index in [1.807, 2.05) is 0 Å². The highest BCUT2D eigenvalue weighted by Crippen LogP contribution is 2.28. The Hall–Kier alpha value is -2.37. The highest BCUT2D eigenvalue weighted by atomic mass is 16.3. The maximum atomic E-state index is 12.1. The largest absolute Gasteiger partial charge is 0.392 e. The van der Waals surface area contributed by atoms with Crippen molar-refractivity contribution in [3.05, 3.63) is 65.2 Å². The number of hydrogen-bond acceptors (Lipinski definition) is 4. The third-order valence-corrected chi connectivity index (χ3v) is 5.27. The first-order valence-electron chi connectivity index (χ1n) is 9.29. The average molecular weight is 351 g/mol. The molecule has 0 spiro atoms. The second-order valence-corrected chi connectivity index (χ2v) is 7.18. The molecule has 2 aliphatic heterocycles. The van der Waals surface area contributed by atoms with Gasteiger partial charge < -0.3 is 20.6 Å². The number of aliphatic hydroxyl groups is 1. The molecule has 1 fully saturated rings. The van der Waals surface area contributed by atoms with Crippen LogP contribution >= 0.6 is 0 Å². The summed E-state index contributed by atoms with van der Waals surface area (Å²) in [6, 6.07) is 16.8. The van der Waals surface area contributed by atoms with Crippen molar-refractivity contribution in [2.24, 2.45) is 0 Å². The molecule has 2 aromatic carbocycles. The molecule has 136 valence electrons. The van der Waals surface area contributed by atoms with Gasteiger partial charge in [0.1, 0.15) is 0 Å². The van der Waals surface area contributed by atoms with Gasteiger partial charge in [0.05, 0.1) is 12.1 Å². The van der Waals surface area contributed by atoms with Gasteiger partial charge in [0.25, 0.3) is 0 Å². The third kappa shape index (κ3) is 3.74. The molecular formula is C21H25N3O2. The molecule has 5 heteroatoms.